The zero-order chi connectivity index (χ0) is 18.8. The minimum absolute atomic E-state index is 0.0308. The Balaban J connectivity index is 1.76. The van der Waals surface area contributed by atoms with Gasteiger partial charge in [0.25, 0.3) is 5.91 Å². The number of nitrogens with zero attached hydrogens (tertiary/aromatic N) is 1. The summed E-state index contributed by atoms with van der Waals surface area (Å²) < 4.78 is 0. The summed E-state index contributed by atoms with van der Waals surface area (Å²) in [6.07, 6.45) is 4.40. The van der Waals surface area contributed by atoms with Gasteiger partial charge in [0.05, 0.1) is 5.56 Å². The SMILES string of the molecule is C=C(/C=C\N=C(C)c1cc(C)c(C)c(S)c1)c1cc2c([nH]1)CCNC2=O. The van der Waals surface area contributed by atoms with Gasteiger partial charge in [0, 0.05) is 41.2 Å². The Labute approximate surface area is 159 Å². The van der Waals surface area contributed by atoms with Crippen molar-refractivity contribution in [3.63, 3.8) is 0 Å². The van der Waals surface area contributed by atoms with Crippen molar-refractivity contribution in [1.29, 1.82) is 0 Å². The predicted molar refractivity (Wildman–Crippen MR) is 110 cm³/mol. The van der Waals surface area contributed by atoms with Gasteiger partial charge in [-0.15, -0.1) is 12.6 Å². The quantitative estimate of drug-likeness (QED) is 0.424. The summed E-state index contributed by atoms with van der Waals surface area (Å²) in [4.78, 5) is 20.6. The number of nitrogens with one attached hydrogen (secondary N) is 2. The summed E-state index contributed by atoms with van der Waals surface area (Å²) in [5, 5.41) is 2.84. The third kappa shape index (κ3) is 3.68. The zero-order valence-corrected chi connectivity index (χ0v) is 16.2. The summed E-state index contributed by atoms with van der Waals surface area (Å²) >= 11 is 4.52. The van der Waals surface area contributed by atoms with Gasteiger partial charge in [-0.2, -0.15) is 0 Å². The van der Waals surface area contributed by atoms with Crippen LogP contribution in [0.15, 0.2) is 46.9 Å². The van der Waals surface area contributed by atoms with Gasteiger partial charge < -0.3 is 10.3 Å². The average Bonchev–Trinajstić information content (AvgIpc) is 3.05. The van der Waals surface area contributed by atoms with Gasteiger partial charge in [0.1, 0.15) is 0 Å². The fraction of sp³-hybridized carbons (Fsp3) is 0.238. The standard InChI is InChI=1S/C21H23N3OS/c1-12(19-11-17-18(24-19)6-8-23-21(17)25)5-7-22-15(4)16-9-13(2)14(3)20(26)10-16/h5,7,9-11,24,26H,1,6,8H2,2-4H3,(H,23,25)/b7-5-,22-15?. The number of hydrogen-bond acceptors (Lipinski definition) is 3. The van der Waals surface area contributed by atoms with E-state index in [9.17, 15) is 4.79 Å². The highest BCUT2D eigenvalue weighted by Gasteiger charge is 2.19. The molecule has 0 fully saturated rings. The first-order chi connectivity index (χ1) is 12.4. The number of fused-ring (bicyclic) bond motifs is 1. The lowest BCUT2D eigenvalue weighted by molar-refractivity contribution is 0.0946. The molecule has 4 nitrogen and oxygen atoms in total. The Morgan fingerprint density at radius 2 is 2.08 bits per heavy atom. The van der Waals surface area contributed by atoms with Crippen molar-refractivity contribution in [1.82, 2.24) is 10.3 Å². The second kappa shape index (κ2) is 7.38. The molecule has 0 bridgehead atoms. The van der Waals surface area contributed by atoms with Crippen LogP contribution in [0.5, 0.6) is 0 Å². The van der Waals surface area contributed by atoms with Crippen molar-refractivity contribution in [2.24, 2.45) is 4.99 Å². The molecule has 2 aromatic rings. The first kappa shape index (κ1) is 18.3. The fourth-order valence-corrected chi connectivity index (χ4v) is 3.23. The Bertz CT molecular complexity index is 927. The van der Waals surface area contributed by atoms with Gasteiger partial charge in [-0.05, 0) is 67.3 Å². The van der Waals surface area contributed by atoms with E-state index in [4.69, 9.17) is 0 Å². The zero-order valence-electron chi connectivity index (χ0n) is 15.3. The third-order valence-electron chi connectivity index (χ3n) is 4.75. The Kier molecular flexibility index (Phi) is 5.18. The van der Waals surface area contributed by atoms with Crippen LogP contribution in [0, 0.1) is 13.8 Å². The van der Waals surface area contributed by atoms with Gasteiger partial charge >= 0.3 is 0 Å². The molecule has 2 N–H and O–H groups in total. The van der Waals surface area contributed by atoms with E-state index in [-0.39, 0.29) is 5.91 Å². The van der Waals surface area contributed by atoms with E-state index in [2.05, 4.69) is 54.4 Å². The minimum Gasteiger partial charge on any atom is -0.358 e. The molecule has 0 radical (unpaired) electrons. The molecule has 2 heterocycles. The van der Waals surface area contributed by atoms with Gasteiger partial charge in [-0.25, -0.2) is 0 Å². The van der Waals surface area contributed by atoms with E-state index >= 15 is 0 Å². The molecule has 0 aliphatic carbocycles. The molecule has 134 valence electrons. The smallest absolute Gasteiger partial charge is 0.253 e. The number of aromatic amines is 1. The molecule has 5 heteroatoms. The van der Waals surface area contributed by atoms with Crippen molar-refractivity contribution in [2.45, 2.75) is 32.1 Å². The maximum Gasteiger partial charge on any atom is 0.253 e. The van der Waals surface area contributed by atoms with E-state index < -0.39 is 0 Å². The van der Waals surface area contributed by atoms with Crippen molar-refractivity contribution < 1.29 is 4.79 Å². The molecule has 1 amide bonds. The summed E-state index contributed by atoms with van der Waals surface area (Å²) in [6.45, 7) is 10.9. The summed E-state index contributed by atoms with van der Waals surface area (Å²) in [6, 6.07) is 6.00. The highest BCUT2D eigenvalue weighted by Crippen LogP contribution is 2.22. The van der Waals surface area contributed by atoms with E-state index in [1.54, 1.807) is 6.20 Å². The number of amides is 1. The van der Waals surface area contributed by atoms with Crippen molar-refractivity contribution in [3.05, 3.63) is 70.7 Å². The third-order valence-corrected chi connectivity index (χ3v) is 5.22. The minimum atomic E-state index is -0.0308. The monoisotopic (exact) mass is 365 g/mol. The van der Waals surface area contributed by atoms with Crippen LogP contribution >= 0.6 is 12.6 Å². The van der Waals surface area contributed by atoms with Crippen molar-refractivity contribution >= 4 is 29.8 Å². The van der Waals surface area contributed by atoms with Crippen LogP contribution in [0.2, 0.25) is 0 Å². The highest BCUT2D eigenvalue weighted by molar-refractivity contribution is 7.80. The molecule has 26 heavy (non-hydrogen) atoms. The van der Waals surface area contributed by atoms with Crippen molar-refractivity contribution in [3.8, 4) is 0 Å². The van der Waals surface area contributed by atoms with Gasteiger partial charge in [-0.1, -0.05) is 6.58 Å². The highest BCUT2D eigenvalue weighted by atomic mass is 32.1. The lowest BCUT2D eigenvalue weighted by Gasteiger charge is -2.10. The number of aromatic nitrogens is 1. The summed E-state index contributed by atoms with van der Waals surface area (Å²) in [7, 11) is 0. The molecule has 0 unspecified atom stereocenters. The Hall–Kier alpha value is -2.53. The number of thiol groups is 1. The molecule has 0 saturated carbocycles. The molecule has 0 atom stereocenters. The molecule has 1 aromatic carbocycles. The number of carbonyl (C=O) groups excluding carboxylic acids is 1. The molecule has 0 spiro atoms. The Morgan fingerprint density at radius 1 is 1.31 bits per heavy atom. The number of benzene rings is 1. The van der Waals surface area contributed by atoms with E-state index in [0.29, 0.717) is 12.1 Å². The number of aryl methyl sites for hydroxylation is 1. The lowest BCUT2D eigenvalue weighted by atomic mass is 10.0. The van der Waals surface area contributed by atoms with Crippen LogP contribution in [0.25, 0.3) is 5.57 Å². The number of carbonyl (C=O) groups is 1. The second-order valence-corrected chi connectivity index (χ2v) is 7.06. The maximum atomic E-state index is 11.9. The van der Waals surface area contributed by atoms with E-state index in [0.717, 1.165) is 39.6 Å². The lowest BCUT2D eigenvalue weighted by Crippen LogP contribution is -2.31. The fourth-order valence-electron chi connectivity index (χ4n) is 2.92. The molecular weight excluding hydrogens is 342 g/mol. The molecular formula is C21H23N3OS. The largest absolute Gasteiger partial charge is 0.358 e. The topological polar surface area (TPSA) is 57.2 Å². The van der Waals surface area contributed by atoms with Gasteiger partial charge in [0.2, 0.25) is 0 Å². The van der Waals surface area contributed by atoms with Gasteiger partial charge in [-0.3, -0.25) is 9.79 Å². The number of allylic oxidation sites excluding steroid dienone is 2. The van der Waals surface area contributed by atoms with E-state index in [1.165, 1.54) is 11.1 Å². The van der Waals surface area contributed by atoms with Crippen LogP contribution < -0.4 is 5.32 Å². The van der Waals surface area contributed by atoms with E-state index in [1.807, 2.05) is 25.1 Å². The molecule has 0 saturated heterocycles. The summed E-state index contributed by atoms with van der Waals surface area (Å²) in [5.41, 5.74) is 7.67. The summed E-state index contributed by atoms with van der Waals surface area (Å²) in [5.74, 6) is -0.0308. The van der Waals surface area contributed by atoms with Crippen LogP contribution in [-0.2, 0) is 6.42 Å². The maximum absolute atomic E-state index is 11.9. The van der Waals surface area contributed by atoms with Gasteiger partial charge in [0.15, 0.2) is 0 Å². The number of rotatable bonds is 4. The van der Waals surface area contributed by atoms with Crippen LogP contribution in [-0.4, -0.2) is 23.1 Å². The number of hydrogen-bond donors (Lipinski definition) is 3. The average molecular weight is 366 g/mol. The Morgan fingerprint density at radius 3 is 2.77 bits per heavy atom. The molecule has 1 aliphatic heterocycles. The normalized spacial score (nSPS) is 14.5. The number of H-pyrrole nitrogens is 1. The van der Waals surface area contributed by atoms with Crippen LogP contribution in [0.1, 0.15) is 45.4 Å². The molecule has 3 rings (SSSR count). The molecule has 1 aromatic heterocycles. The van der Waals surface area contributed by atoms with Crippen LogP contribution in [0.3, 0.4) is 0 Å². The molecule has 1 aliphatic rings. The first-order valence-corrected chi connectivity index (χ1v) is 9.02. The second-order valence-electron chi connectivity index (χ2n) is 6.57. The predicted octanol–water partition coefficient (Wildman–Crippen LogP) is 4.24. The first-order valence-electron chi connectivity index (χ1n) is 8.57. The number of aliphatic imine (C=N–C) groups is 1. The van der Waals surface area contributed by atoms with Crippen LogP contribution in [0.4, 0.5) is 0 Å². The van der Waals surface area contributed by atoms with Crippen molar-refractivity contribution in [2.75, 3.05) is 6.54 Å².